The number of ether oxygens (including phenoxy) is 1. The van der Waals surface area contributed by atoms with Crippen molar-refractivity contribution in [1.82, 2.24) is 9.78 Å². The van der Waals surface area contributed by atoms with Crippen molar-refractivity contribution in [2.75, 3.05) is 12.3 Å². The van der Waals surface area contributed by atoms with E-state index in [1.165, 1.54) is 16.9 Å². The number of primary amides is 1. The SMILES string of the molecule is NC(=O)c1cnn(CCOC(=O)[C@@H]2C[C@H]2c2ccccc2F)c1N. The number of amides is 1. The third kappa shape index (κ3) is 3.08. The van der Waals surface area contributed by atoms with Gasteiger partial charge in [-0.05, 0) is 18.1 Å². The molecule has 1 amide bonds. The minimum atomic E-state index is -0.665. The number of nitrogens with two attached hydrogens (primary N) is 2. The van der Waals surface area contributed by atoms with E-state index in [1.54, 1.807) is 18.2 Å². The number of benzene rings is 1. The van der Waals surface area contributed by atoms with Gasteiger partial charge < -0.3 is 16.2 Å². The minimum Gasteiger partial charge on any atom is -0.463 e. The molecule has 0 aliphatic heterocycles. The van der Waals surface area contributed by atoms with Crippen LogP contribution in [-0.2, 0) is 16.1 Å². The monoisotopic (exact) mass is 332 g/mol. The molecule has 0 saturated heterocycles. The van der Waals surface area contributed by atoms with Crippen molar-refractivity contribution in [3.63, 3.8) is 0 Å². The number of hydrogen-bond acceptors (Lipinski definition) is 5. The van der Waals surface area contributed by atoms with Crippen LogP contribution in [0.4, 0.5) is 10.2 Å². The molecule has 2 atom stereocenters. The Balaban J connectivity index is 1.51. The maximum Gasteiger partial charge on any atom is 0.309 e. The first-order chi connectivity index (χ1) is 11.5. The van der Waals surface area contributed by atoms with Gasteiger partial charge >= 0.3 is 5.97 Å². The number of rotatable bonds is 6. The number of carbonyl (C=O) groups is 2. The second-order valence-electron chi connectivity index (χ2n) is 5.67. The Hall–Kier alpha value is -2.90. The number of anilines is 1. The molecule has 1 heterocycles. The van der Waals surface area contributed by atoms with Gasteiger partial charge in [0.25, 0.3) is 5.91 Å². The number of aromatic nitrogens is 2. The standard InChI is InChI=1S/C16H17FN4O3/c17-13-4-2-1-3-9(13)10-7-11(10)16(23)24-6-5-21-14(18)12(8-20-21)15(19)22/h1-4,8,10-11H,5-7,18H2,(H2,19,22)/t10-,11+/m0/s1. The molecule has 0 unspecified atom stereocenters. The van der Waals surface area contributed by atoms with Crippen molar-refractivity contribution in [3.05, 3.63) is 47.4 Å². The van der Waals surface area contributed by atoms with E-state index in [4.69, 9.17) is 16.2 Å². The molecule has 1 aromatic heterocycles. The van der Waals surface area contributed by atoms with Crippen LogP contribution in [0, 0.1) is 11.7 Å². The van der Waals surface area contributed by atoms with Crippen molar-refractivity contribution in [1.29, 1.82) is 0 Å². The highest BCUT2D eigenvalue weighted by Gasteiger charge is 2.46. The lowest BCUT2D eigenvalue weighted by atomic mass is 10.1. The zero-order valence-electron chi connectivity index (χ0n) is 12.8. The predicted molar refractivity (Wildman–Crippen MR) is 83.4 cm³/mol. The fraction of sp³-hybridized carbons (Fsp3) is 0.312. The molecular formula is C16H17FN4O3. The van der Waals surface area contributed by atoms with Crippen LogP contribution in [0.1, 0.15) is 28.3 Å². The van der Waals surface area contributed by atoms with Crippen LogP contribution in [0.15, 0.2) is 30.5 Å². The summed E-state index contributed by atoms with van der Waals surface area (Å²) in [7, 11) is 0. The van der Waals surface area contributed by atoms with Gasteiger partial charge in [-0.15, -0.1) is 0 Å². The van der Waals surface area contributed by atoms with E-state index in [0.29, 0.717) is 12.0 Å². The first-order valence-electron chi connectivity index (χ1n) is 7.51. The lowest BCUT2D eigenvalue weighted by molar-refractivity contribution is -0.145. The van der Waals surface area contributed by atoms with Gasteiger partial charge in [0.05, 0.1) is 18.7 Å². The average Bonchev–Trinajstić information content (AvgIpc) is 3.25. The van der Waals surface area contributed by atoms with E-state index < -0.39 is 5.91 Å². The van der Waals surface area contributed by atoms with Gasteiger partial charge in [0, 0.05) is 5.92 Å². The topological polar surface area (TPSA) is 113 Å². The molecule has 4 N–H and O–H groups in total. The van der Waals surface area contributed by atoms with Gasteiger partial charge in [0.15, 0.2) is 0 Å². The van der Waals surface area contributed by atoms with Gasteiger partial charge in [-0.2, -0.15) is 5.10 Å². The van der Waals surface area contributed by atoms with Crippen LogP contribution in [-0.4, -0.2) is 28.3 Å². The van der Waals surface area contributed by atoms with Crippen molar-refractivity contribution in [2.45, 2.75) is 18.9 Å². The van der Waals surface area contributed by atoms with Crippen molar-refractivity contribution in [2.24, 2.45) is 11.7 Å². The molecule has 1 saturated carbocycles. The first-order valence-corrected chi connectivity index (χ1v) is 7.51. The molecule has 1 aromatic carbocycles. The Morgan fingerprint density at radius 1 is 1.38 bits per heavy atom. The number of esters is 1. The Bertz CT molecular complexity index is 789. The molecule has 126 valence electrons. The van der Waals surface area contributed by atoms with E-state index >= 15 is 0 Å². The molecule has 0 bridgehead atoms. The third-order valence-corrected chi connectivity index (χ3v) is 4.09. The van der Waals surface area contributed by atoms with E-state index in [2.05, 4.69) is 5.10 Å². The molecule has 0 radical (unpaired) electrons. The summed E-state index contributed by atoms with van der Waals surface area (Å²) in [6.07, 6.45) is 1.85. The number of nitrogens with zero attached hydrogens (tertiary/aromatic N) is 2. The Morgan fingerprint density at radius 3 is 2.79 bits per heavy atom. The Labute approximate surface area is 137 Å². The Morgan fingerprint density at radius 2 is 2.12 bits per heavy atom. The molecule has 1 aliphatic rings. The molecule has 24 heavy (non-hydrogen) atoms. The quantitative estimate of drug-likeness (QED) is 0.768. The van der Waals surface area contributed by atoms with Crippen LogP contribution in [0.25, 0.3) is 0 Å². The molecule has 1 aliphatic carbocycles. The van der Waals surface area contributed by atoms with Crippen LogP contribution < -0.4 is 11.5 Å². The lowest BCUT2D eigenvalue weighted by Crippen LogP contribution is -2.17. The lowest BCUT2D eigenvalue weighted by Gasteiger charge is -2.07. The van der Waals surface area contributed by atoms with E-state index in [0.717, 1.165) is 0 Å². The van der Waals surface area contributed by atoms with Gasteiger partial charge in [-0.25, -0.2) is 9.07 Å². The molecule has 0 spiro atoms. The van der Waals surface area contributed by atoms with Crippen LogP contribution in [0.2, 0.25) is 0 Å². The van der Waals surface area contributed by atoms with Gasteiger partial charge in [-0.3, -0.25) is 9.59 Å². The van der Waals surface area contributed by atoms with Gasteiger partial charge in [0.1, 0.15) is 23.8 Å². The third-order valence-electron chi connectivity index (χ3n) is 4.09. The fourth-order valence-corrected chi connectivity index (χ4v) is 2.68. The smallest absolute Gasteiger partial charge is 0.309 e. The number of halogens is 1. The predicted octanol–water partition coefficient (Wildman–Crippen LogP) is 1.05. The van der Waals surface area contributed by atoms with Crippen LogP contribution in [0.5, 0.6) is 0 Å². The van der Waals surface area contributed by atoms with Crippen LogP contribution in [0.3, 0.4) is 0 Å². The summed E-state index contributed by atoms with van der Waals surface area (Å²) in [5.41, 5.74) is 11.5. The van der Waals surface area contributed by atoms with Gasteiger partial charge in [-0.1, -0.05) is 18.2 Å². The van der Waals surface area contributed by atoms with Crippen LogP contribution >= 0.6 is 0 Å². The number of carbonyl (C=O) groups excluding carboxylic acids is 2. The highest BCUT2D eigenvalue weighted by molar-refractivity contribution is 5.96. The second-order valence-corrected chi connectivity index (χ2v) is 5.67. The van der Waals surface area contributed by atoms with Crippen molar-refractivity contribution >= 4 is 17.7 Å². The minimum absolute atomic E-state index is 0.0589. The zero-order valence-corrected chi connectivity index (χ0v) is 12.8. The molecule has 3 rings (SSSR count). The first kappa shape index (κ1) is 16.0. The summed E-state index contributed by atoms with van der Waals surface area (Å²) < 4.78 is 20.2. The van der Waals surface area contributed by atoms with E-state index in [9.17, 15) is 14.0 Å². The fourth-order valence-electron chi connectivity index (χ4n) is 2.68. The Kier molecular flexibility index (Phi) is 4.20. The summed E-state index contributed by atoms with van der Waals surface area (Å²) in [5.74, 6) is -1.66. The van der Waals surface area contributed by atoms with E-state index in [-0.39, 0.29) is 48.2 Å². The number of nitrogen functional groups attached to an aromatic ring is 1. The average molecular weight is 332 g/mol. The zero-order chi connectivity index (χ0) is 17.3. The van der Waals surface area contributed by atoms with Crippen molar-refractivity contribution < 1.29 is 18.7 Å². The maximum atomic E-state index is 13.7. The van der Waals surface area contributed by atoms with E-state index in [1.807, 2.05) is 0 Å². The van der Waals surface area contributed by atoms with Gasteiger partial charge in [0.2, 0.25) is 0 Å². The molecule has 2 aromatic rings. The number of hydrogen-bond donors (Lipinski definition) is 2. The molecular weight excluding hydrogens is 315 g/mol. The molecule has 8 heteroatoms. The maximum absolute atomic E-state index is 13.7. The second kappa shape index (κ2) is 6.31. The molecule has 1 fully saturated rings. The largest absolute Gasteiger partial charge is 0.463 e. The van der Waals surface area contributed by atoms with Crippen molar-refractivity contribution in [3.8, 4) is 0 Å². The summed E-state index contributed by atoms with van der Waals surface area (Å²) in [6, 6.07) is 6.43. The normalized spacial score (nSPS) is 19.0. The summed E-state index contributed by atoms with van der Waals surface area (Å²) >= 11 is 0. The highest BCUT2D eigenvalue weighted by atomic mass is 19.1. The summed E-state index contributed by atoms with van der Waals surface area (Å²) in [4.78, 5) is 23.1. The molecule has 7 nitrogen and oxygen atoms in total. The summed E-state index contributed by atoms with van der Waals surface area (Å²) in [6.45, 7) is 0.269. The highest BCUT2D eigenvalue weighted by Crippen LogP contribution is 2.48. The summed E-state index contributed by atoms with van der Waals surface area (Å²) in [5, 5.41) is 3.92.